The molecule has 5 rings (SSSR count). The molecule has 0 radical (unpaired) electrons. The van der Waals surface area contributed by atoms with Gasteiger partial charge in [-0.25, -0.2) is 0 Å². The molecule has 1 atom stereocenters. The van der Waals surface area contributed by atoms with Gasteiger partial charge >= 0.3 is 0 Å². The number of nitrogens with one attached hydrogen (secondary N) is 1. The molecule has 4 aromatic rings. The van der Waals surface area contributed by atoms with Gasteiger partial charge in [-0.1, -0.05) is 53.2 Å². The van der Waals surface area contributed by atoms with Gasteiger partial charge in [0.15, 0.2) is 0 Å². The number of nitrogens with zero attached hydrogens (tertiary/aromatic N) is 4. The number of halogens is 1. The highest BCUT2D eigenvalue weighted by atomic mass is 35.5. The number of hydrogen-bond donors (Lipinski definition) is 2. The van der Waals surface area contributed by atoms with E-state index in [0.717, 1.165) is 5.56 Å². The number of benzene rings is 2. The molecule has 1 unspecified atom stereocenters. The van der Waals surface area contributed by atoms with Gasteiger partial charge in [-0.15, -0.1) is 0 Å². The molecule has 2 aromatic heterocycles. The number of fused-ring (bicyclic) bond motifs is 1. The van der Waals surface area contributed by atoms with Crippen molar-refractivity contribution < 1.29 is 14.8 Å². The molecular weight excluding hydrogens is 490 g/mol. The van der Waals surface area contributed by atoms with Crippen molar-refractivity contribution in [2.75, 3.05) is 5.32 Å². The average Bonchev–Trinajstić information content (AvgIpc) is 3.01. The summed E-state index contributed by atoms with van der Waals surface area (Å²) in [7, 11) is 0. The second-order valence-electron chi connectivity index (χ2n) is 8.51. The van der Waals surface area contributed by atoms with Crippen LogP contribution in [0.1, 0.15) is 32.9 Å². The highest BCUT2D eigenvalue weighted by Gasteiger charge is 2.36. The molecule has 0 bridgehead atoms. The van der Waals surface area contributed by atoms with Crippen LogP contribution in [0.5, 0.6) is 0 Å². The lowest BCUT2D eigenvalue weighted by molar-refractivity contribution is -0.120. The van der Waals surface area contributed by atoms with Crippen molar-refractivity contribution in [2.24, 2.45) is 5.16 Å². The fourth-order valence-electron chi connectivity index (χ4n) is 4.29. The summed E-state index contributed by atoms with van der Waals surface area (Å²) >= 11 is 6.14. The Morgan fingerprint density at radius 3 is 2.41 bits per heavy atom. The van der Waals surface area contributed by atoms with E-state index in [0.29, 0.717) is 38.9 Å². The van der Waals surface area contributed by atoms with Gasteiger partial charge in [-0.05, 0) is 48.0 Å². The van der Waals surface area contributed by atoms with E-state index in [1.54, 1.807) is 65.8 Å². The maximum absolute atomic E-state index is 13.7. The van der Waals surface area contributed by atoms with E-state index in [-0.39, 0.29) is 24.8 Å². The summed E-state index contributed by atoms with van der Waals surface area (Å²) in [4.78, 5) is 37.2. The number of carbonyl (C=O) groups is 2. The topological polar surface area (TPSA) is 108 Å². The largest absolute Gasteiger partial charge is 0.410 e. The first-order valence-electron chi connectivity index (χ1n) is 11.6. The number of aromatic nitrogens is 2. The van der Waals surface area contributed by atoms with E-state index >= 15 is 0 Å². The predicted molar refractivity (Wildman–Crippen MR) is 140 cm³/mol. The minimum Gasteiger partial charge on any atom is -0.410 e. The van der Waals surface area contributed by atoms with Gasteiger partial charge < -0.3 is 15.4 Å². The second kappa shape index (κ2) is 10.6. The summed E-state index contributed by atoms with van der Waals surface area (Å²) < 4.78 is 0. The minimum absolute atomic E-state index is 0.182. The van der Waals surface area contributed by atoms with Crippen molar-refractivity contribution in [3.8, 4) is 0 Å². The van der Waals surface area contributed by atoms with Gasteiger partial charge in [0.2, 0.25) is 5.91 Å². The van der Waals surface area contributed by atoms with Crippen LogP contribution in [0, 0.1) is 0 Å². The molecule has 2 aromatic carbocycles. The smallest absolute Gasteiger partial charge is 0.256 e. The van der Waals surface area contributed by atoms with Crippen LogP contribution < -0.4 is 5.32 Å². The zero-order valence-corrected chi connectivity index (χ0v) is 20.3. The number of rotatable bonds is 6. The Morgan fingerprint density at radius 2 is 1.73 bits per heavy atom. The van der Waals surface area contributed by atoms with Gasteiger partial charge in [-0.3, -0.25) is 19.6 Å². The Balaban J connectivity index is 1.47. The van der Waals surface area contributed by atoms with Gasteiger partial charge in [0, 0.05) is 41.6 Å². The fraction of sp³-hybridized carbons (Fsp3) is 0.107. The molecule has 9 heteroatoms. The third-order valence-electron chi connectivity index (χ3n) is 6.13. The van der Waals surface area contributed by atoms with Crippen molar-refractivity contribution in [3.63, 3.8) is 0 Å². The third kappa shape index (κ3) is 5.19. The third-order valence-corrected chi connectivity index (χ3v) is 6.36. The van der Waals surface area contributed by atoms with Gasteiger partial charge in [0.05, 0.1) is 16.9 Å². The zero-order chi connectivity index (χ0) is 25.8. The fourth-order valence-corrected chi connectivity index (χ4v) is 4.46. The van der Waals surface area contributed by atoms with Gasteiger partial charge in [-0.2, -0.15) is 0 Å². The molecule has 37 heavy (non-hydrogen) atoms. The van der Waals surface area contributed by atoms with Crippen LogP contribution in [0.15, 0.2) is 96.4 Å². The van der Waals surface area contributed by atoms with Crippen LogP contribution in [0.3, 0.4) is 0 Å². The van der Waals surface area contributed by atoms with E-state index in [2.05, 4.69) is 20.4 Å². The molecule has 0 fully saturated rings. The van der Waals surface area contributed by atoms with Crippen molar-refractivity contribution in [1.82, 2.24) is 14.9 Å². The Labute approximate surface area is 218 Å². The minimum atomic E-state index is -0.795. The predicted octanol–water partition coefficient (Wildman–Crippen LogP) is 4.56. The molecule has 0 aliphatic carbocycles. The molecule has 184 valence electrons. The summed E-state index contributed by atoms with van der Waals surface area (Å²) in [5.74, 6) is -0.609. The Hall–Kier alpha value is -4.56. The summed E-state index contributed by atoms with van der Waals surface area (Å²) in [5.41, 5.74) is 3.76. The number of oxime groups is 1. The maximum Gasteiger partial charge on any atom is 0.256 e. The highest BCUT2D eigenvalue weighted by Crippen LogP contribution is 2.28. The van der Waals surface area contributed by atoms with E-state index in [9.17, 15) is 14.8 Å². The number of carbonyl (C=O) groups excluding carboxylic acids is 2. The Kier molecular flexibility index (Phi) is 6.91. The summed E-state index contributed by atoms with van der Waals surface area (Å²) in [5, 5.41) is 16.3. The zero-order valence-electron chi connectivity index (χ0n) is 19.6. The summed E-state index contributed by atoms with van der Waals surface area (Å²) in [6, 6.07) is 22.1. The maximum atomic E-state index is 13.7. The Morgan fingerprint density at radius 1 is 0.973 bits per heavy atom. The van der Waals surface area contributed by atoms with Crippen LogP contribution in [-0.4, -0.2) is 43.6 Å². The van der Waals surface area contributed by atoms with Crippen LogP contribution in [0.25, 0.3) is 0 Å². The lowest BCUT2D eigenvalue weighted by Gasteiger charge is -2.29. The first-order valence-corrected chi connectivity index (χ1v) is 12.0. The van der Waals surface area contributed by atoms with Gasteiger partial charge in [0.25, 0.3) is 5.91 Å². The number of amides is 2. The normalized spacial score (nSPS) is 15.6. The van der Waals surface area contributed by atoms with Crippen molar-refractivity contribution in [1.29, 1.82) is 0 Å². The van der Waals surface area contributed by atoms with Crippen LogP contribution in [0.2, 0.25) is 5.02 Å². The lowest BCUT2D eigenvalue weighted by Crippen LogP contribution is -2.46. The number of pyridine rings is 2. The molecule has 8 nitrogen and oxygen atoms in total. The second-order valence-corrected chi connectivity index (χ2v) is 8.95. The summed E-state index contributed by atoms with van der Waals surface area (Å²) in [6.07, 6.45) is 3.53. The molecular formula is C28H22ClN5O3. The lowest BCUT2D eigenvalue weighted by atomic mass is 10.0. The molecule has 1 aliphatic heterocycles. The molecule has 1 aliphatic rings. The van der Waals surface area contributed by atoms with E-state index in [4.69, 9.17) is 11.6 Å². The number of anilines is 1. The SMILES string of the molecule is O=C1Nc2cc(Cl)ccc2C(=O)N(Cc2ccc(C(=NO)c3ccccn3)cc2)C1Cc1ccccn1. The molecule has 3 heterocycles. The standard InChI is InChI=1S/C28H22ClN5O3/c29-20-11-12-22-24(15-20)32-27(35)25(16-21-5-1-3-13-30-21)34(28(22)36)17-18-7-9-19(10-8-18)26(33-37)23-6-2-4-14-31-23/h1-15,25,37H,16-17H2,(H,32,35). The van der Waals surface area contributed by atoms with Crippen molar-refractivity contribution >= 4 is 34.8 Å². The van der Waals surface area contributed by atoms with Crippen molar-refractivity contribution in [2.45, 2.75) is 19.0 Å². The summed E-state index contributed by atoms with van der Waals surface area (Å²) in [6.45, 7) is 0.182. The van der Waals surface area contributed by atoms with E-state index in [1.807, 2.05) is 30.3 Å². The monoisotopic (exact) mass is 511 g/mol. The van der Waals surface area contributed by atoms with Crippen LogP contribution in [-0.2, 0) is 17.8 Å². The van der Waals surface area contributed by atoms with Crippen LogP contribution >= 0.6 is 11.6 Å². The van der Waals surface area contributed by atoms with E-state index < -0.39 is 6.04 Å². The quantitative estimate of drug-likeness (QED) is 0.224. The van der Waals surface area contributed by atoms with Crippen molar-refractivity contribution in [3.05, 3.63) is 124 Å². The highest BCUT2D eigenvalue weighted by molar-refractivity contribution is 6.31. The Bertz CT molecular complexity index is 1460. The van der Waals surface area contributed by atoms with Crippen LogP contribution in [0.4, 0.5) is 5.69 Å². The molecule has 0 spiro atoms. The van der Waals surface area contributed by atoms with Gasteiger partial charge in [0.1, 0.15) is 11.8 Å². The number of hydrogen-bond acceptors (Lipinski definition) is 6. The molecule has 2 amide bonds. The molecule has 0 saturated carbocycles. The van der Waals surface area contributed by atoms with E-state index in [1.165, 1.54) is 0 Å². The molecule has 2 N–H and O–H groups in total. The average molecular weight is 512 g/mol. The first-order chi connectivity index (χ1) is 18.0. The first kappa shape index (κ1) is 24.1. The molecule has 0 saturated heterocycles.